The van der Waals surface area contributed by atoms with Crippen LogP contribution in [0.25, 0.3) is 23.0 Å². The van der Waals surface area contributed by atoms with Crippen LogP contribution >= 0.6 is 15.9 Å². The molecule has 7 nitrogen and oxygen atoms in total. The number of hydrogen-bond acceptors (Lipinski definition) is 5. The first-order chi connectivity index (χ1) is 9.65. The zero-order chi connectivity index (χ0) is 14.1. The molecule has 2 aromatic heterocycles. The van der Waals surface area contributed by atoms with Gasteiger partial charge in [0.25, 0.3) is 11.6 Å². The molecule has 0 fully saturated rings. The second-order valence-corrected chi connectivity index (χ2v) is 4.78. The number of nitro groups is 1. The Labute approximate surface area is 120 Å². The summed E-state index contributed by atoms with van der Waals surface area (Å²) in [5.41, 5.74) is 1.11. The van der Waals surface area contributed by atoms with Crippen LogP contribution in [-0.2, 0) is 0 Å². The number of benzene rings is 1. The maximum atomic E-state index is 10.6. The molecular formula is C12H7BrN4O3. The van der Waals surface area contributed by atoms with Crippen LogP contribution < -0.4 is 0 Å². The molecule has 20 heavy (non-hydrogen) atoms. The first kappa shape index (κ1) is 12.5. The van der Waals surface area contributed by atoms with Gasteiger partial charge < -0.3 is 9.40 Å². The molecule has 0 unspecified atom stereocenters. The highest BCUT2D eigenvalue weighted by Gasteiger charge is 2.16. The third-order valence-electron chi connectivity index (χ3n) is 2.64. The first-order valence-electron chi connectivity index (χ1n) is 5.57. The lowest BCUT2D eigenvalue weighted by atomic mass is 10.2. The largest absolute Gasteiger partial charge is 0.415 e. The molecule has 0 amide bonds. The number of H-pyrrole nitrogens is 1. The van der Waals surface area contributed by atoms with Crippen molar-refractivity contribution in [3.8, 4) is 23.0 Å². The molecule has 2 heterocycles. The van der Waals surface area contributed by atoms with E-state index in [9.17, 15) is 10.1 Å². The minimum absolute atomic E-state index is 0.0550. The molecular weight excluding hydrogens is 328 g/mol. The topological polar surface area (TPSA) is 97.8 Å². The molecule has 100 valence electrons. The SMILES string of the molecule is O=[N+]([O-])c1c[nH]c(-c2nnc(-c3ccccc3Br)o2)c1. The Morgan fingerprint density at radius 3 is 2.70 bits per heavy atom. The predicted molar refractivity (Wildman–Crippen MR) is 73.9 cm³/mol. The summed E-state index contributed by atoms with van der Waals surface area (Å²) in [6.07, 6.45) is 1.28. The van der Waals surface area contributed by atoms with Crippen LogP contribution in [0, 0.1) is 10.1 Å². The van der Waals surface area contributed by atoms with Gasteiger partial charge in [0.1, 0.15) is 5.69 Å². The molecule has 0 aliphatic carbocycles. The number of halogens is 1. The standard InChI is InChI=1S/C12H7BrN4O3/c13-9-4-2-1-3-8(9)11-15-16-12(20-11)10-5-7(6-14-10)17(18)19/h1-6,14H. The summed E-state index contributed by atoms with van der Waals surface area (Å²) in [7, 11) is 0. The summed E-state index contributed by atoms with van der Waals surface area (Å²) in [5, 5.41) is 18.5. The van der Waals surface area contributed by atoms with Crippen molar-refractivity contribution in [3.63, 3.8) is 0 Å². The summed E-state index contributed by atoms with van der Waals surface area (Å²) < 4.78 is 6.35. The molecule has 0 saturated heterocycles. The third-order valence-corrected chi connectivity index (χ3v) is 3.33. The van der Waals surface area contributed by atoms with Gasteiger partial charge in [-0.1, -0.05) is 12.1 Å². The van der Waals surface area contributed by atoms with Gasteiger partial charge >= 0.3 is 0 Å². The average molecular weight is 335 g/mol. The second kappa shape index (κ2) is 4.89. The van der Waals surface area contributed by atoms with Crippen molar-refractivity contribution in [3.05, 3.63) is 51.1 Å². The minimum Gasteiger partial charge on any atom is -0.415 e. The van der Waals surface area contributed by atoms with Gasteiger partial charge in [-0.15, -0.1) is 10.2 Å². The van der Waals surface area contributed by atoms with Crippen molar-refractivity contribution < 1.29 is 9.34 Å². The van der Waals surface area contributed by atoms with Gasteiger partial charge in [-0.05, 0) is 28.1 Å². The van der Waals surface area contributed by atoms with Gasteiger partial charge in [-0.3, -0.25) is 10.1 Å². The molecule has 3 aromatic rings. The molecule has 0 spiro atoms. The molecule has 0 bridgehead atoms. The predicted octanol–water partition coefficient (Wildman–Crippen LogP) is 3.40. The maximum Gasteiger partial charge on any atom is 0.287 e. The van der Waals surface area contributed by atoms with E-state index in [2.05, 4.69) is 31.1 Å². The smallest absolute Gasteiger partial charge is 0.287 e. The van der Waals surface area contributed by atoms with Crippen molar-refractivity contribution >= 4 is 21.6 Å². The highest BCUT2D eigenvalue weighted by atomic mass is 79.9. The molecule has 0 aliphatic heterocycles. The summed E-state index contributed by atoms with van der Waals surface area (Å²) in [5.74, 6) is 0.536. The lowest BCUT2D eigenvalue weighted by Gasteiger charge is -1.96. The summed E-state index contributed by atoms with van der Waals surface area (Å²) in [6.45, 7) is 0. The Bertz CT molecular complexity index is 780. The highest BCUT2D eigenvalue weighted by Crippen LogP contribution is 2.29. The highest BCUT2D eigenvalue weighted by molar-refractivity contribution is 9.10. The Balaban J connectivity index is 1.98. The van der Waals surface area contributed by atoms with Gasteiger partial charge in [-0.25, -0.2) is 0 Å². The van der Waals surface area contributed by atoms with Crippen LogP contribution in [-0.4, -0.2) is 20.1 Å². The van der Waals surface area contributed by atoms with Gasteiger partial charge in [0.05, 0.1) is 16.7 Å². The van der Waals surface area contributed by atoms with Crippen LogP contribution in [0.3, 0.4) is 0 Å². The van der Waals surface area contributed by atoms with E-state index in [1.807, 2.05) is 24.3 Å². The summed E-state index contributed by atoms with van der Waals surface area (Å²) in [4.78, 5) is 12.9. The van der Waals surface area contributed by atoms with Crippen molar-refractivity contribution in [2.24, 2.45) is 0 Å². The van der Waals surface area contributed by atoms with E-state index >= 15 is 0 Å². The molecule has 8 heteroatoms. The fraction of sp³-hybridized carbons (Fsp3) is 0. The molecule has 1 N–H and O–H groups in total. The first-order valence-corrected chi connectivity index (χ1v) is 6.36. The zero-order valence-corrected chi connectivity index (χ0v) is 11.5. The molecule has 1 aromatic carbocycles. The van der Waals surface area contributed by atoms with Crippen LogP contribution in [0.1, 0.15) is 0 Å². The average Bonchev–Trinajstić information content (AvgIpc) is 3.08. The number of nitrogens with zero attached hydrogens (tertiary/aromatic N) is 3. The molecule has 0 radical (unpaired) electrons. The van der Waals surface area contributed by atoms with E-state index in [1.54, 1.807) is 0 Å². The van der Waals surface area contributed by atoms with Gasteiger partial charge in [0.2, 0.25) is 5.89 Å². The lowest BCUT2D eigenvalue weighted by molar-refractivity contribution is -0.384. The summed E-state index contributed by atoms with van der Waals surface area (Å²) >= 11 is 3.40. The monoisotopic (exact) mass is 334 g/mol. The quantitative estimate of drug-likeness (QED) is 0.584. The number of aromatic nitrogens is 3. The van der Waals surface area contributed by atoms with Gasteiger partial charge in [0.15, 0.2) is 0 Å². The van der Waals surface area contributed by atoms with E-state index in [0.717, 1.165) is 10.0 Å². The van der Waals surface area contributed by atoms with Gasteiger partial charge in [-0.2, -0.15) is 0 Å². The van der Waals surface area contributed by atoms with Crippen LogP contribution in [0.15, 0.2) is 45.4 Å². The van der Waals surface area contributed by atoms with Crippen molar-refractivity contribution in [2.45, 2.75) is 0 Å². The number of nitrogens with one attached hydrogen (secondary N) is 1. The fourth-order valence-corrected chi connectivity index (χ4v) is 2.14. The van der Waals surface area contributed by atoms with Crippen LogP contribution in [0.4, 0.5) is 5.69 Å². The number of rotatable bonds is 3. The van der Waals surface area contributed by atoms with Gasteiger partial charge in [0, 0.05) is 10.5 Å². The Morgan fingerprint density at radius 1 is 1.25 bits per heavy atom. The molecule has 0 saturated carbocycles. The maximum absolute atomic E-state index is 10.6. The summed E-state index contributed by atoms with van der Waals surface area (Å²) in [6, 6.07) is 8.76. The van der Waals surface area contributed by atoms with Crippen LogP contribution in [0.2, 0.25) is 0 Å². The molecule has 3 rings (SSSR count). The van der Waals surface area contributed by atoms with E-state index in [0.29, 0.717) is 11.6 Å². The zero-order valence-electron chi connectivity index (χ0n) is 9.91. The Hall–Kier alpha value is -2.48. The van der Waals surface area contributed by atoms with Crippen LogP contribution in [0.5, 0.6) is 0 Å². The van der Waals surface area contributed by atoms with E-state index < -0.39 is 4.92 Å². The lowest BCUT2D eigenvalue weighted by Crippen LogP contribution is -1.82. The normalized spacial score (nSPS) is 10.7. The molecule has 0 aliphatic rings. The molecule has 0 atom stereocenters. The number of aromatic amines is 1. The minimum atomic E-state index is -0.495. The van der Waals surface area contributed by atoms with E-state index in [4.69, 9.17) is 4.42 Å². The number of hydrogen-bond donors (Lipinski definition) is 1. The third kappa shape index (κ3) is 2.21. The van der Waals surface area contributed by atoms with Crippen molar-refractivity contribution in [2.75, 3.05) is 0 Å². The van der Waals surface area contributed by atoms with E-state index in [-0.39, 0.29) is 11.6 Å². The van der Waals surface area contributed by atoms with Crippen molar-refractivity contribution in [1.82, 2.24) is 15.2 Å². The Morgan fingerprint density at radius 2 is 2.00 bits per heavy atom. The second-order valence-electron chi connectivity index (χ2n) is 3.92. The van der Waals surface area contributed by atoms with E-state index in [1.165, 1.54) is 12.3 Å². The Kier molecular flexibility index (Phi) is 3.07. The fourth-order valence-electron chi connectivity index (χ4n) is 1.69. The van der Waals surface area contributed by atoms with Crippen molar-refractivity contribution in [1.29, 1.82) is 0 Å².